The van der Waals surface area contributed by atoms with E-state index in [0.717, 1.165) is 12.1 Å². The van der Waals surface area contributed by atoms with E-state index >= 15 is 0 Å². The van der Waals surface area contributed by atoms with Gasteiger partial charge in [0.25, 0.3) is 0 Å². The average molecular weight is 279 g/mol. The molecule has 0 aromatic heterocycles. The van der Waals surface area contributed by atoms with E-state index < -0.39 is 0 Å². The number of urea groups is 1. The minimum atomic E-state index is -0.169. The van der Waals surface area contributed by atoms with Gasteiger partial charge in [-0.1, -0.05) is 24.3 Å². The van der Waals surface area contributed by atoms with Crippen molar-refractivity contribution in [3.05, 3.63) is 55.1 Å². The van der Waals surface area contributed by atoms with Crippen molar-refractivity contribution < 1.29 is 4.79 Å². The molecule has 0 saturated heterocycles. The normalized spacial score (nSPS) is 9.74. The number of carbonyl (C=O) groups is 1. The van der Waals surface area contributed by atoms with Crippen LogP contribution in [0.4, 0.5) is 10.5 Å². The number of hydrogen-bond donors (Lipinski definition) is 1. The molecular formula is C15H19ClN2O. The van der Waals surface area contributed by atoms with Crippen molar-refractivity contribution in [3.63, 3.8) is 0 Å². The molecule has 1 aromatic carbocycles. The van der Waals surface area contributed by atoms with Crippen LogP contribution >= 0.6 is 11.6 Å². The molecule has 0 radical (unpaired) electrons. The fourth-order valence-corrected chi connectivity index (χ4v) is 1.76. The quantitative estimate of drug-likeness (QED) is 0.602. The zero-order chi connectivity index (χ0) is 14.1. The molecule has 0 aliphatic carbocycles. The number of allylic oxidation sites excluding steroid dienone is 1. The lowest BCUT2D eigenvalue weighted by Crippen LogP contribution is -2.41. The number of halogens is 1. The molecule has 1 aromatic rings. The number of benzene rings is 1. The molecular weight excluding hydrogens is 260 g/mol. The maximum Gasteiger partial charge on any atom is 0.322 e. The third-order valence-electron chi connectivity index (χ3n) is 2.56. The van der Waals surface area contributed by atoms with Crippen molar-refractivity contribution in [2.75, 3.05) is 23.9 Å². The van der Waals surface area contributed by atoms with Crippen molar-refractivity contribution in [2.24, 2.45) is 0 Å². The van der Waals surface area contributed by atoms with Gasteiger partial charge in [0.1, 0.15) is 0 Å². The summed E-state index contributed by atoms with van der Waals surface area (Å²) in [6.45, 7) is 8.28. The Morgan fingerprint density at radius 1 is 1.26 bits per heavy atom. The SMILES string of the molecule is C=CCc1ccc(N(CC=C)C(=O)NCCCl)cc1. The highest BCUT2D eigenvalue weighted by Crippen LogP contribution is 2.16. The van der Waals surface area contributed by atoms with Crippen LogP contribution in [0.3, 0.4) is 0 Å². The van der Waals surface area contributed by atoms with E-state index in [1.807, 2.05) is 30.3 Å². The smallest absolute Gasteiger partial charge is 0.322 e. The number of hydrogen-bond acceptors (Lipinski definition) is 1. The van der Waals surface area contributed by atoms with Crippen molar-refractivity contribution in [1.82, 2.24) is 5.32 Å². The molecule has 19 heavy (non-hydrogen) atoms. The number of nitrogens with zero attached hydrogens (tertiary/aromatic N) is 1. The summed E-state index contributed by atoms with van der Waals surface area (Å²) in [7, 11) is 0. The number of anilines is 1. The van der Waals surface area contributed by atoms with E-state index in [-0.39, 0.29) is 6.03 Å². The molecule has 0 heterocycles. The monoisotopic (exact) mass is 278 g/mol. The zero-order valence-electron chi connectivity index (χ0n) is 10.9. The maximum atomic E-state index is 12.0. The van der Waals surface area contributed by atoms with E-state index in [1.54, 1.807) is 11.0 Å². The number of amides is 2. The van der Waals surface area contributed by atoms with Crippen LogP contribution < -0.4 is 10.2 Å². The Labute approximate surface area is 119 Å². The maximum absolute atomic E-state index is 12.0. The molecule has 1 rings (SSSR count). The van der Waals surface area contributed by atoms with Crippen molar-refractivity contribution in [1.29, 1.82) is 0 Å². The highest BCUT2D eigenvalue weighted by molar-refractivity contribution is 6.18. The van der Waals surface area contributed by atoms with Crippen molar-refractivity contribution in [3.8, 4) is 0 Å². The fraction of sp³-hybridized carbons (Fsp3) is 0.267. The van der Waals surface area contributed by atoms with E-state index in [2.05, 4.69) is 18.5 Å². The molecule has 0 bridgehead atoms. The van der Waals surface area contributed by atoms with Gasteiger partial charge in [0, 0.05) is 24.7 Å². The Balaban J connectivity index is 2.82. The Kier molecular flexibility index (Phi) is 6.75. The van der Waals surface area contributed by atoms with Crippen molar-refractivity contribution >= 4 is 23.3 Å². The van der Waals surface area contributed by atoms with Gasteiger partial charge in [0.05, 0.1) is 0 Å². The van der Waals surface area contributed by atoms with Gasteiger partial charge in [-0.25, -0.2) is 4.79 Å². The van der Waals surface area contributed by atoms with Crippen LogP contribution in [0, 0.1) is 0 Å². The van der Waals surface area contributed by atoms with Crippen LogP contribution in [0.5, 0.6) is 0 Å². The minimum absolute atomic E-state index is 0.169. The summed E-state index contributed by atoms with van der Waals surface area (Å²) in [4.78, 5) is 13.6. The van der Waals surface area contributed by atoms with Gasteiger partial charge < -0.3 is 5.32 Å². The van der Waals surface area contributed by atoms with Gasteiger partial charge >= 0.3 is 6.03 Å². The van der Waals surface area contributed by atoms with Crippen LogP contribution in [-0.4, -0.2) is 25.0 Å². The third kappa shape index (κ3) is 4.79. The summed E-state index contributed by atoms with van der Waals surface area (Å²) in [6.07, 6.45) is 4.36. The summed E-state index contributed by atoms with van der Waals surface area (Å²) >= 11 is 5.57. The molecule has 102 valence electrons. The van der Waals surface area contributed by atoms with Gasteiger partial charge in [-0.15, -0.1) is 24.8 Å². The second-order valence-corrected chi connectivity index (χ2v) is 4.36. The lowest BCUT2D eigenvalue weighted by molar-refractivity contribution is 0.247. The van der Waals surface area contributed by atoms with E-state index in [1.165, 1.54) is 5.56 Å². The summed E-state index contributed by atoms with van der Waals surface area (Å²) in [5.74, 6) is 0.395. The first-order valence-corrected chi connectivity index (χ1v) is 6.68. The molecule has 3 nitrogen and oxygen atoms in total. The van der Waals surface area contributed by atoms with Gasteiger partial charge in [-0.05, 0) is 24.1 Å². The molecule has 4 heteroatoms. The predicted octanol–water partition coefficient (Wildman–Crippen LogP) is 3.36. The van der Waals surface area contributed by atoms with Crippen LogP contribution in [0.25, 0.3) is 0 Å². The Morgan fingerprint density at radius 2 is 1.95 bits per heavy atom. The average Bonchev–Trinajstić information content (AvgIpc) is 2.43. The molecule has 1 N–H and O–H groups in total. The molecule has 0 saturated carbocycles. The molecule has 0 spiro atoms. The molecule has 0 fully saturated rings. The van der Waals surface area contributed by atoms with Gasteiger partial charge in [0.2, 0.25) is 0 Å². The fourth-order valence-electron chi connectivity index (χ4n) is 1.66. The minimum Gasteiger partial charge on any atom is -0.336 e. The highest BCUT2D eigenvalue weighted by Gasteiger charge is 2.13. The zero-order valence-corrected chi connectivity index (χ0v) is 11.7. The lowest BCUT2D eigenvalue weighted by Gasteiger charge is -2.21. The van der Waals surface area contributed by atoms with Crippen molar-refractivity contribution in [2.45, 2.75) is 6.42 Å². The summed E-state index contributed by atoms with van der Waals surface area (Å²) < 4.78 is 0. The molecule has 0 atom stereocenters. The van der Waals surface area contributed by atoms with Crippen LogP contribution in [0.2, 0.25) is 0 Å². The van der Waals surface area contributed by atoms with Crippen LogP contribution in [0.15, 0.2) is 49.6 Å². The predicted molar refractivity (Wildman–Crippen MR) is 82.0 cm³/mol. The van der Waals surface area contributed by atoms with E-state index in [9.17, 15) is 4.79 Å². The van der Waals surface area contributed by atoms with Gasteiger partial charge in [0.15, 0.2) is 0 Å². The first-order valence-electron chi connectivity index (χ1n) is 6.15. The summed E-state index contributed by atoms with van der Waals surface area (Å²) in [5.41, 5.74) is 2.00. The number of carbonyl (C=O) groups excluding carboxylic acids is 1. The lowest BCUT2D eigenvalue weighted by atomic mass is 10.1. The first-order chi connectivity index (χ1) is 9.22. The highest BCUT2D eigenvalue weighted by atomic mass is 35.5. The second-order valence-electron chi connectivity index (χ2n) is 3.98. The Bertz CT molecular complexity index is 428. The molecule has 0 unspecified atom stereocenters. The molecule has 2 amide bonds. The third-order valence-corrected chi connectivity index (χ3v) is 2.74. The number of nitrogens with one attached hydrogen (secondary N) is 1. The van der Waals surface area contributed by atoms with Crippen LogP contribution in [-0.2, 0) is 6.42 Å². The molecule has 0 aliphatic rings. The van der Waals surface area contributed by atoms with Gasteiger partial charge in [-0.2, -0.15) is 0 Å². The summed E-state index contributed by atoms with van der Waals surface area (Å²) in [6, 6.07) is 7.65. The molecule has 0 aliphatic heterocycles. The van der Waals surface area contributed by atoms with Gasteiger partial charge in [-0.3, -0.25) is 4.90 Å². The Hall–Kier alpha value is -1.74. The number of rotatable bonds is 7. The number of alkyl halides is 1. The largest absolute Gasteiger partial charge is 0.336 e. The van der Waals surface area contributed by atoms with Crippen LogP contribution in [0.1, 0.15) is 5.56 Å². The first kappa shape index (κ1) is 15.3. The Morgan fingerprint density at radius 3 is 2.47 bits per heavy atom. The van der Waals surface area contributed by atoms with E-state index in [4.69, 9.17) is 11.6 Å². The topological polar surface area (TPSA) is 32.3 Å². The summed E-state index contributed by atoms with van der Waals surface area (Å²) in [5, 5.41) is 2.75. The van der Waals surface area contributed by atoms with E-state index in [0.29, 0.717) is 19.0 Å². The standard InChI is InChI=1S/C15H19ClN2O/c1-3-5-13-6-8-14(9-7-13)18(12-4-2)15(19)17-11-10-16/h3-4,6-9H,1-2,5,10-12H2,(H,17,19). The second kappa shape index (κ2) is 8.38.